The lowest BCUT2D eigenvalue weighted by atomic mass is 10.2. The van der Waals surface area contributed by atoms with Gasteiger partial charge in [-0.1, -0.05) is 12.1 Å². The van der Waals surface area contributed by atoms with Crippen LogP contribution in [0.4, 0.5) is 0 Å². The fraction of sp³-hybridized carbons (Fsp3) is 0.111. The van der Waals surface area contributed by atoms with E-state index in [1.807, 2.05) is 24.3 Å². The van der Waals surface area contributed by atoms with Crippen LogP contribution in [0.3, 0.4) is 0 Å². The number of methoxy groups -OCH3 is 1. The average Bonchev–Trinajstić information content (AvgIpc) is 3.15. The molecule has 2 heterocycles. The number of furan rings is 1. The Morgan fingerprint density at radius 3 is 2.83 bits per heavy atom. The first-order chi connectivity index (χ1) is 11.3. The van der Waals surface area contributed by atoms with Crippen molar-refractivity contribution in [1.29, 1.82) is 0 Å². The minimum atomic E-state index is -0.154. The van der Waals surface area contributed by atoms with Gasteiger partial charge < -0.3 is 14.5 Å². The van der Waals surface area contributed by atoms with Gasteiger partial charge in [0.15, 0.2) is 5.76 Å². The first-order valence-corrected chi connectivity index (χ1v) is 7.17. The average molecular weight is 308 g/mol. The van der Waals surface area contributed by atoms with Crippen LogP contribution in [0, 0.1) is 0 Å². The van der Waals surface area contributed by atoms with Gasteiger partial charge in [0.05, 0.1) is 13.4 Å². The molecule has 0 saturated heterocycles. The van der Waals surface area contributed by atoms with Crippen LogP contribution in [-0.4, -0.2) is 18.0 Å². The van der Waals surface area contributed by atoms with Crippen LogP contribution in [-0.2, 0) is 6.54 Å². The number of amides is 1. The van der Waals surface area contributed by atoms with Gasteiger partial charge in [0, 0.05) is 18.3 Å². The van der Waals surface area contributed by atoms with E-state index < -0.39 is 0 Å². The third-order valence-corrected chi connectivity index (χ3v) is 3.38. The summed E-state index contributed by atoms with van der Waals surface area (Å²) in [5.41, 5.74) is 2.24. The number of nitrogens with zero attached hydrogens (tertiary/aromatic N) is 1. The van der Waals surface area contributed by atoms with Gasteiger partial charge in [-0.3, -0.25) is 9.78 Å². The van der Waals surface area contributed by atoms with Crippen LogP contribution in [0.2, 0.25) is 0 Å². The summed E-state index contributed by atoms with van der Waals surface area (Å²) in [5.74, 6) is 1.22. The zero-order valence-electron chi connectivity index (χ0n) is 12.7. The highest BCUT2D eigenvalue weighted by molar-refractivity contribution is 5.94. The predicted octanol–water partition coefficient (Wildman–Crippen LogP) is 3.28. The summed E-state index contributed by atoms with van der Waals surface area (Å²) in [6.07, 6.45) is 3.34. The van der Waals surface area contributed by atoms with Gasteiger partial charge in [0.1, 0.15) is 11.4 Å². The number of benzene rings is 1. The monoisotopic (exact) mass is 308 g/mol. The van der Waals surface area contributed by atoms with Crippen LogP contribution < -0.4 is 10.1 Å². The van der Waals surface area contributed by atoms with Gasteiger partial charge in [-0.2, -0.15) is 0 Å². The fourth-order valence-electron chi connectivity index (χ4n) is 2.15. The molecule has 5 nitrogen and oxygen atoms in total. The maximum Gasteiger partial charge on any atom is 0.251 e. The number of pyridine rings is 1. The quantitative estimate of drug-likeness (QED) is 0.785. The SMILES string of the molecule is COc1cccc(C(=O)NCc2ccc(-c3ccco3)nc2)c1. The third-order valence-electron chi connectivity index (χ3n) is 3.38. The Morgan fingerprint density at radius 2 is 2.13 bits per heavy atom. The van der Waals surface area contributed by atoms with Gasteiger partial charge >= 0.3 is 0 Å². The molecule has 1 N–H and O–H groups in total. The van der Waals surface area contributed by atoms with Crippen LogP contribution in [0.5, 0.6) is 5.75 Å². The van der Waals surface area contributed by atoms with Gasteiger partial charge in [-0.25, -0.2) is 0 Å². The Morgan fingerprint density at radius 1 is 1.22 bits per heavy atom. The van der Waals surface area contributed by atoms with E-state index in [4.69, 9.17) is 9.15 Å². The minimum Gasteiger partial charge on any atom is -0.497 e. The number of aromatic nitrogens is 1. The molecule has 23 heavy (non-hydrogen) atoms. The second-order valence-corrected chi connectivity index (χ2v) is 4.94. The van der Waals surface area contributed by atoms with E-state index in [2.05, 4.69) is 10.3 Å². The highest BCUT2D eigenvalue weighted by Crippen LogP contribution is 2.17. The number of ether oxygens (including phenoxy) is 1. The largest absolute Gasteiger partial charge is 0.497 e. The normalized spacial score (nSPS) is 10.3. The van der Waals surface area contributed by atoms with E-state index in [-0.39, 0.29) is 5.91 Å². The summed E-state index contributed by atoms with van der Waals surface area (Å²) >= 11 is 0. The molecular formula is C18H16N2O3. The molecule has 1 amide bonds. The molecule has 5 heteroatoms. The van der Waals surface area contributed by atoms with Crippen LogP contribution in [0.15, 0.2) is 65.4 Å². The van der Waals surface area contributed by atoms with Crippen molar-refractivity contribution in [2.45, 2.75) is 6.54 Å². The number of rotatable bonds is 5. The molecule has 0 aliphatic rings. The lowest BCUT2D eigenvalue weighted by Gasteiger charge is -2.07. The number of carbonyl (C=O) groups is 1. The molecule has 1 aromatic carbocycles. The van der Waals surface area contributed by atoms with Crippen molar-refractivity contribution >= 4 is 5.91 Å². The van der Waals surface area contributed by atoms with Gasteiger partial charge in [-0.15, -0.1) is 0 Å². The standard InChI is InChI=1S/C18H16N2O3/c1-22-15-5-2-4-14(10-15)18(21)20-12-13-7-8-16(19-11-13)17-6-3-9-23-17/h2-11H,12H2,1H3,(H,20,21). The molecule has 0 spiro atoms. The van der Waals surface area contributed by atoms with Gasteiger partial charge in [0.2, 0.25) is 0 Å². The van der Waals surface area contributed by atoms with Crippen molar-refractivity contribution in [3.05, 3.63) is 72.1 Å². The molecule has 116 valence electrons. The Kier molecular flexibility index (Phi) is 4.38. The summed E-state index contributed by atoms with van der Waals surface area (Å²) in [4.78, 5) is 16.5. The smallest absolute Gasteiger partial charge is 0.251 e. The zero-order chi connectivity index (χ0) is 16.1. The molecule has 0 unspecified atom stereocenters. The molecule has 0 fully saturated rings. The predicted molar refractivity (Wildman–Crippen MR) is 86.1 cm³/mol. The molecule has 2 aromatic heterocycles. The van der Waals surface area contributed by atoms with E-state index in [1.54, 1.807) is 43.8 Å². The van der Waals surface area contributed by atoms with Crippen molar-refractivity contribution in [3.8, 4) is 17.2 Å². The number of hydrogen-bond donors (Lipinski definition) is 1. The summed E-state index contributed by atoms with van der Waals surface area (Å²) in [6, 6.07) is 14.5. The minimum absolute atomic E-state index is 0.154. The second-order valence-electron chi connectivity index (χ2n) is 4.94. The van der Waals surface area contributed by atoms with E-state index in [0.29, 0.717) is 17.9 Å². The van der Waals surface area contributed by atoms with Crippen LogP contribution in [0.25, 0.3) is 11.5 Å². The third kappa shape index (κ3) is 3.58. The molecule has 0 aliphatic heterocycles. The molecule has 3 rings (SSSR count). The summed E-state index contributed by atoms with van der Waals surface area (Å²) in [7, 11) is 1.57. The van der Waals surface area contributed by atoms with E-state index in [0.717, 1.165) is 17.0 Å². The van der Waals surface area contributed by atoms with E-state index >= 15 is 0 Å². The Bertz CT molecular complexity index is 780. The topological polar surface area (TPSA) is 64.4 Å². The molecule has 0 atom stereocenters. The van der Waals surface area contributed by atoms with Gasteiger partial charge in [-0.05, 0) is 42.0 Å². The van der Waals surface area contributed by atoms with Crippen molar-refractivity contribution in [1.82, 2.24) is 10.3 Å². The molecule has 0 radical (unpaired) electrons. The first-order valence-electron chi connectivity index (χ1n) is 7.17. The summed E-state index contributed by atoms with van der Waals surface area (Å²) < 4.78 is 10.4. The zero-order valence-corrected chi connectivity index (χ0v) is 12.7. The van der Waals surface area contributed by atoms with E-state index in [1.165, 1.54) is 0 Å². The summed E-state index contributed by atoms with van der Waals surface area (Å²) in [6.45, 7) is 0.404. The Labute approximate surface area is 133 Å². The van der Waals surface area contributed by atoms with Crippen molar-refractivity contribution < 1.29 is 13.9 Å². The lowest BCUT2D eigenvalue weighted by molar-refractivity contribution is 0.0950. The molecule has 3 aromatic rings. The molecule has 0 bridgehead atoms. The first kappa shape index (κ1) is 14.8. The van der Waals surface area contributed by atoms with Crippen LogP contribution >= 0.6 is 0 Å². The maximum atomic E-state index is 12.1. The highest BCUT2D eigenvalue weighted by Gasteiger charge is 2.07. The van der Waals surface area contributed by atoms with E-state index in [9.17, 15) is 4.79 Å². The Balaban J connectivity index is 1.62. The molecule has 0 saturated carbocycles. The molecule has 0 aliphatic carbocycles. The highest BCUT2D eigenvalue weighted by atomic mass is 16.5. The maximum absolute atomic E-state index is 12.1. The lowest BCUT2D eigenvalue weighted by Crippen LogP contribution is -2.22. The fourth-order valence-corrected chi connectivity index (χ4v) is 2.15. The number of carbonyl (C=O) groups excluding carboxylic acids is 1. The van der Waals surface area contributed by atoms with Crippen LogP contribution in [0.1, 0.15) is 15.9 Å². The number of hydrogen-bond acceptors (Lipinski definition) is 4. The number of nitrogens with one attached hydrogen (secondary N) is 1. The van der Waals surface area contributed by atoms with Gasteiger partial charge in [0.25, 0.3) is 5.91 Å². The summed E-state index contributed by atoms with van der Waals surface area (Å²) in [5, 5.41) is 2.86. The van der Waals surface area contributed by atoms with Crippen molar-refractivity contribution in [2.24, 2.45) is 0 Å². The second kappa shape index (κ2) is 6.79. The molecular weight excluding hydrogens is 292 g/mol. The van der Waals surface area contributed by atoms with Crippen molar-refractivity contribution in [2.75, 3.05) is 7.11 Å². The van der Waals surface area contributed by atoms with Crippen molar-refractivity contribution in [3.63, 3.8) is 0 Å². The Hall–Kier alpha value is -3.08.